The fourth-order valence-electron chi connectivity index (χ4n) is 1.80. The number of imidazole rings is 1. The zero-order valence-corrected chi connectivity index (χ0v) is 11.9. The van der Waals surface area contributed by atoms with Gasteiger partial charge in [-0.1, -0.05) is 6.07 Å². The fraction of sp³-hybridized carbons (Fsp3) is 0.167. The first kappa shape index (κ1) is 11.8. The minimum Gasteiger partial charge on any atom is -0.330 e. The molecule has 0 fully saturated rings. The molecule has 0 spiro atoms. The summed E-state index contributed by atoms with van der Waals surface area (Å²) in [6.45, 7) is 0.584. The van der Waals surface area contributed by atoms with Crippen molar-refractivity contribution in [2.24, 2.45) is 5.73 Å². The van der Waals surface area contributed by atoms with Gasteiger partial charge in [-0.05, 0) is 46.1 Å². The summed E-state index contributed by atoms with van der Waals surface area (Å²) in [6, 6.07) is 8.05. The van der Waals surface area contributed by atoms with Gasteiger partial charge in [0.1, 0.15) is 10.3 Å². The van der Waals surface area contributed by atoms with Crippen LogP contribution in [0.1, 0.15) is 5.69 Å². The third kappa shape index (κ3) is 1.96. The summed E-state index contributed by atoms with van der Waals surface area (Å²) in [5.74, 6) is 0. The monoisotopic (exact) mass is 322 g/mol. The lowest BCUT2D eigenvalue weighted by atomic mass is 10.3. The molecule has 3 heterocycles. The van der Waals surface area contributed by atoms with Crippen LogP contribution < -0.4 is 5.73 Å². The number of fused-ring (bicyclic) bond motifs is 1. The number of hydrogen-bond acceptors (Lipinski definition) is 4. The molecular formula is C12H11BrN4S. The van der Waals surface area contributed by atoms with Gasteiger partial charge in [-0.25, -0.2) is 9.50 Å². The van der Waals surface area contributed by atoms with Crippen LogP contribution in [0.3, 0.4) is 0 Å². The SMILES string of the molecule is NCCc1nc2ccc(-c3cccs3)nn2c1Br. The van der Waals surface area contributed by atoms with Crippen LogP contribution in [-0.4, -0.2) is 21.1 Å². The van der Waals surface area contributed by atoms with Gasteiger partial charge in [-0.2, -0.15) is 5.10 Å². The zero-order chi connectivity index (χ0) is 12.5. The van der Waals surface area contributed by atoms with Gasteiger partial charge in [-0.3, -0.25) is 0 Å². The Morgan fingerprint density at radius 2 is 2.22 bits per heavy atom. The molecule has 3 rings (SSSR count). The number of rotatable bonds is 3. The molecule has 2 N–H and O–H groups in total. The van der Waals surface area contributed by atoms with Gasteiger partial charge >= 0.3 is 0 Å². The van der Waals surface area contributed by atoms with Gasteiger partial charge < -0.3 is 5.73 Å². The molecule has 0 saturated carbocycles. The Morgan fingerprint density at radius 3 is 2.94 bits per heavy atom. The minimum absolute atomic E-state index is 0.584. The first-order chi connectivity index (χ1) is 8.79. The highest BCUT2D eigenvalue weighted by Gasteiger charge is 2.11. The number of halogens is 1. The van der Waals surface area contributed by atoms with E-state index in [0.717, 1.165) is 32.9 Å². The number of aromatic nitrogens is 3. The summed E-state index contributed by atoms with van der Waals surface area (Å²) >= 11 is 5.21. The lowest BCUT2D eigenvalue weighted by molar-refractivity contribution is 0.895. The van der Waals surface area contributed by atoms with E-state index in [4.69, 9.17) is 5.73 Å². The van der Waals surface area contributed by atoms with Crippen molar-refractivity contribution >= 4 is 32.9 Å². The van der Waals surface area contributed by atoms with Crippen LogP contribution in [0.2, 0.25) is 0 Å². The Morgan fingerprint density at radius 1 is 1.33 bits per heavy atom. The van der Waals surface area contributed by atoms with Crippen LogP contribution in [0.5, 0.6) is 0 Å². The number of nitrogens with two attached hydrogens (primary N) is 1. The Kier molecular flexibility index (Phi) is 3.15. The molecule has 0 aliphatic heterocycles. The van der Waals surface area contributed by atoms with Crippen LogP contribution in [0.25, 0.3) is 16.2 Å². The maximum atomic E-state index is 5.57. The first-order valence-electron chi connectivity index (χ1n) is 5.57. The zero-order valence-electron chi connectivity index (χ0n) is 9.51. The standard InChI is InChI=1S/C12H11BrN4S/c13-12-9(5-6-14)15-11-4-3-8(16-17(11)12)10-2-1-7-18-10/h1-4,7H,5-6,14H2. The number of hydrogen-bond donors (Lipinski definition) is 1. The molecule has 0 bridgehead atoms. The average molecular weight is 323 g/mol. The average Bonchev–Trinajstić information content (AvgIpc) is 3.00. The second-order valence-corrected chi connectivity index (χ2v) is 5.55. The smallest absolute Gasteiger partial charge is 0.155 e. The summed E-state index contributed by atoms with van der Waals surface area (Å²) in [5.41, 5.74) is 8.31. The summed E-state index contributed by atoms with van der Waals surface area (Å²) in [7, 11) is 0. The van der Waals surface area contributed by atoms with Gasteiger partial charge in [0.05, 0.1) is 10.6 Å². The van der Waals surface area contributed by atoms with Crippen molar-refractivity contribution in [1.82, 2.24) is 14.6 Å². The van der Waals surface area contributed by atoms with Crippen molar-refractivity contribution in [2.75, 3.05) is 6.54 Å². The molecule has 0 aromatic carbocycles. The van der Waals surface area contributed by atoms with E-state index in [9.17, 15) is 0 Å². The third-order valence-electron chi connectivity index (χ3n) is 2.64. The maximum Gasteiger partial charge on any atom is 0.155 e. The Hall–Kier alpha value is -1.24. The molecule has 6 heteroatoms. The molecule has 92 valence electrons. The highest BCUT2D eigenvalue weighted by atomic mass is 79.9. The first-order valence-corrected chi connectivity index (χ1v) is 7.25. The molecule has 3 aromatic rings. The molecule has 0 saturated heterocycles. The number of thiophene rings is 1. The lowest BCUT2D eigenvalue weighted by Gasteiger charge is -1.99. The summed E-state index contributed by atoms with van der Waals surface area (Å²) < 4.78 is 2.71. The van der Waals surface area contributed by atoms with E-state index in [-0.39, 0.29) is 0 Å². The van der Waals surface area contributed by atoms with Crippen LogP contribution >= 0.6 is 27.3 Å². The quantitative estimate of drug-likeness (QED) is 0.806. The van der Waals surface area contributed by atoms with Gasteiger partial charge in [0.2, 0.25) is 0 Å². The summed E-state index contributed by atoms with van der Waals surface area (Å²) in [6.07, 6.45) is 0.748. The molecule has 0 atom stereocenters. The van der Waals surface area contributed by atoms with Crippen molar-refractivity contribution < 1.29 is 0 Å². The van der Waals surface area contributed by atoms with E-state index in [1.807, 2.05) is 28.1 Å². The topological polar surface area (TPSA) is 56.2 Å². The van der Waals surface area contributed by atoms with E-state index < -0.39 is 0 Å². The molecule has 0 amide bonds. The third-order valence-corrected chi connectivity index (χ3v) is 4.33. The highest BCUT2D eigenvalue weighted by Crippen LogP contribution is 2.25. The van der Waals surface area contributed by atoms with Crippen LogP contribution in [0.15, 0.2) is 34.2 Å². The molecule has 4 nitrogen and oxygen atoms in total. The van der Waals surface area contributed by atoms with Gasteiger partial charge in [-0.15, -0.1) is 11.3 Å². The van der Waals surface area contributed by atoms with E-state index in [1.165, 1.54) is 0 Å². The fourth-order valence-corrected chi connectivity index (χ4v) is 3.04. The molecule has 0 aliphatic rings. The molecule has 18 heavy (non-hydrogen) atoms. The van der Waals surface area contributed by atoms with E-state index >= 15 is 0 Å². The van der Waals surface area contributed by atoms with Crippen LogP contribution in [-0.2, 0) is 6.42 Å². The maximum absolute atomic E-state index is 5.57. The van der Waals surface area contributed by atoms with E-state index in [0.29, 0.717) is 6.54 Å². The molecule has 0 radical (unpaired) electrons. The predicted octanol–water partition coefficient (Wildman–Crippen LogP) is 2.72. The largest absolute Gasteiger partial charge is 0.330 e. The Labute approximate surface area is 117 Å². The van der Waals surface area contributed by atoms with E-state index in [1.54, 1.807) is 11.3 Å². The second-order valence-electron chi connectivity index (χ2n) is 3.85. The Bertz CT molecular complexity index is 675. The highest BCUT2D eigenvalue weighted by molar-refractivity contribution is 9.10. The molecule has 0 aliphatic carbocycles. The van der Waals surface area contributed by atoms with Crippen LogP contribution in [0.4, 0.5) is 0 Å². The van der Waals surface area contributed by atoms with Crippen molar-refractivity contribution in [1.29, 1.82) is 0 Å². The van der Waals surface area contributed by atoms with Gasteiger partial charge in [0.15, 0.2) is 5.65 Å². The normalized spacial score (nSPS) is 11.2. The second kappa shape index (κ2) is 4.79. The molecule has 0 unspecified atom stereocenters. The minimum atomic E-state index is 0.584. The number of nitrogens with zero attached hydrogens (tertiary/aromatic N) is 3. The van der Waals surface area contributed by atoms with Gasteiger partial charge in [0.25, 0.3) is 0 Å². The van der Waals surface area contributed by atoms with Crippen molar-refractivity contribution in [3.05, 3.63) is 39.9 Å². The predicted molar refractivity (Wildman–Crippen MR) is 76.8 cm³/mol. The lowest BCUT2D eigenvalue weighted by Crippen LogP contribution is -2.03. The Balaban J connectivity index is 2.14. The summed E-state index contributed by atoms with van der Waals surface area (Å²) in [4.78, 5) is 5.65. The summed E-state index contributed by atoms with van der Waals surface area (Å²) in [5, 5.41) is 6.64. The van der Waals surface area contributed by atoms with Crippen molar-refractivity contribution in [2.45, 2.75) is 6.42 Å². The van der Waals surface area contributed by atoms with E-state index in [2.05, 4.69) is 32.1 Å². The van der Waals surface area contributed by atoms with Crippen LogP contribution in [0, 0.1) is 0 Å². The van der Waals surface area contributed by atoms with Crippen molar-refractivity contribution in [3.63, 3.8) is 0 Å². The van der Waals surface area contributed by atoms with Gasteiger partial charge in [0, 0.05) is 6.42 Å². The van der Waals surface area contributed by atoms with Crippen molar-refractivity contribution in [3.8, 4) is 10.6 Å². The molecule has 3 aromatic heterocycles. The molecular weight excluding hydrogens is 312 g/mol.